The van der Waals surface area contributed by atoms with Crippen molar-refractivity contribution in [1.29, 1.82) is 0 Å². The molecule has 0 bridgehead atoms. The number of Topliss-reactive ketones (excluding diaryl/α,β-unsaturated/α-hetero) is 1. The van der Waals surface area contributed by atoms with E-state index in [4.69, 9.17) is 0 Å². The third kappa shape index (κ3) is 2.72. The predicted molar refractivity (Wildman–Crippen MR) is 67.8 cm³/mol. The van der Waals surface area contributed by atoms with E-state index < -0.39 is 0 Å². The van der Waals surface area contributed by atoms with Gasteiger partial charge in [0.05, 0.1) is 5.54 Å². The first-order valence-corrected chi connectivity index (χ1v) is 6.44. The number of carbonyl (C=O) groups excluding carboxylic acids is 1. The van der Waals surface area contributed by atoms with Gasteiger partial charge in [-0.3, -0.25) is 9.78 Å². The van der Waals surface area contributed by atoms with Gasteiger partial charge in [0.15, 0.2) is 5.78 Å². The molecular formula is C14H20N2O. The number of pyridine rings is 1. The van der Waals surface area contributed by atoms with Crippen molar-refractivity contribution in [2.75, 3.05) is 6.54 Å². The predicted octanol–water partition coefficient (Wildman–Crippen LogP) is 2.12. The normalized spacial score (nSPS) is 23.8. The van der Waals surface area contributed by atoms with E-state index in [-0.39, 0.29) is 5.54 Å². The van der Waals surface area contributed by atoms with Gasteiger partial charge < -0.3 is 5.32 Å². The Morgan fingerprint density at radius 2 is 2.47 bits per heavy atom. The highest BCUT2D eigenvalue weighted by Crippen LogP contribution is 2.27. The Morgan fingerprint density at radius 1 is 1.59 bits per heavy atom. The molecule has 0 amide bonds. The van der Waals surface area contributed by atoms with E-state index in [1.165, 1.54) is 0 Å². The van der Waals surface area contributed by atoms with E-state index in [9.17, 15) is 4.79 Å². The summed E-state index contributed by atoms with van der Waals surface area (Å²) < 4.78 is 0. The van der Waals surface area contributed by atoms with Crippen LogP contribution < -0.4 is 5.32 Å². The quantitative estimate of drug-likeness (QED) is 0.845. The molecule has 1 aromatic heterocycles. The van der Waals surface area contributed by atoms with E-state index in [0.29, 0.717) is 12.2 Å². The van der Waals surface area contributed by atoms with Gasteiger partial charge in [-0.15, -0.1) is 0 Å². The van der Waals surface area contributed by atoms with Crippen LogP contribution in [0.5, 0.6) is 0 Å². The summed E-state index contributed by atoms with van der Waals surface area (Å²) in [5.74, 6) is 0.324. The number of nitrogens with zero attached hydrogens (tertiary/aromatic N) is 1. The van der Waals surface area contributed by atoms with Crippen LogP contribution in [0, 0.1) is 0 Å². The number of hydrogen-bond donors (Lipinski definition) is 1. The molecule has 0 aromatic carbocycles. The van der Waals surface area contributed by atoms with Crippen LogP contribution in [0.4, 0.5) is 0 Å². The molecule has 1 aliphatic heterocycles. The molecule has 0 radical (unpaired) electrons. The Morgan fingerprint density at radius 3 is 3.06 bits per heavy atom. The number of ketones is 1. The molecule has 1 aromatic rings. The average Bonchev–Trinajstić information content (AvgIpc) is 2.81. The maximum atomic E-state index is 12.4. The first kappa shape index (κ1) is 12.2. The molecule has 92 valence electrons. The largest absolute Gasteiger partial charge is 0.305 e. The first-order valence-electron chi connectivity index (χ1n) is 6.44. The van der Waals surface area contributed by atoms with Crippen molar-refractivity contribution < 1.29 is 4.79 Å². The minimum atomic E-state index is -0.259. The van der Waals surface area contributed by atoms with E-state index in [1.54, 1.807) is 12.4 Å². The van der Waals surface area contributed by atoms with Crippen LogP contribution in [-0.4, -0.2) is 22.9 Å². The Hall–Kier alpha value is -1.22. The number of hydrogen-bond acceptors (Lipinski definition) is 3. The molecule has 2 heterocycles. The van der Waals surface area contributed by atoms with E-state index in [2.05, 4.69) is 17.2 Å². The lowest BCUT2D eigenvalue weighted by atomic mass is 9.84. The summed E-state index contributed by atoms with van der Waals surface area (Å²) in [5.41, 5.74) is 0.756. The summed E-state index contributed by atoms with van der Waals surface area (Å²) >= 11 is 0. The summed E-state index contributed by atoms with van der Waals surface area (Å²) in [5, 5.41) is 3.42. The molecule has 1 fully saturated rings. The number of rotatable bonds is 5. The van der Waals surface area contributed by atoms with Crippen molar-refractivity contribution in [3.8, 4) is 0 Å². The van der Waals surface area contributed by atoms with Crippen LogP contribution in [0.1, 0.15) is 38.2 Å². The van der Waals surface area contributed by atoms with Gasteiger partial charge in [-0.05, 0) is 37.4 Å². The fraction of sp³-hybridized carbons (Fsp3) is 0.571. The number of aromatic nitrogens is 1. The molecule has 0 spiro atoms. The van der Waals surface area contributed by atoms with Gasteiger partial charge in [0.25, 0.3) is 0 Å². The molecule has 1 atom stereocenters. The highest BCUT2D eigenvalue weighted by atomic mass is 16.1. The van der Waals surface area contributed by atoms with Crippen LogP contribution in [-0.2, 0) is 11.2 Å². The Kier molecular flexibility index (Phi) is 3.89. The smallest absolute Gasteiger partial charge is 0.157 e. The van der Waals surface area contributed by atoms with Gasteiger partial charge >= 0.3 is 0 Å². The van der Waals surface area contributed by atoms with Gasteiger partial charge in [-0.2, -0.15) is 0 Å². The minimum Gasteiger partial charge on any atom is -0.305 e. The molecule has 1 N–H and O–H groups in total. The lowest BCUT2D eigenvalue weighted by Crippen LogP contribution is -2.48. The molecule has 3 heteroatoms. The fourth-order valence-corrected chi connectivity index (χ4v) is 2.68. The number of carbonyl (C=O) groups is 1. The lowest BCUT2D eigenvalue weighted by Gasteiger charge is -2.27. The van der Waals surface area contributed by atoms with Gasteiger partial charge in [0, 0.05) is 18.8 Å². The second-order valence-corrected chi connectivity index (χ2v) is 4.82. The standard InChI is InChI=1S/C14H20N2O/c1-2-6-14(7-4-9-16-14)13(17)10-12-5-3-8-15-11-12/h3,5,8,11,16H,2,4,6-7,9-10H2,1H3. The Bertz CT molecular complexity index is 369. The summed E-state index contributed by atoms with van der Waals surface area (Å²) in [6.45, 7) is 3.11. The Balaban J connectivity index is 2.07. The van der Waals surface area contributed by atoms with Crippen molar-refractivity contribution in [2.24, 2.45) is 0 Å². The van der Waals surface area contributed by atoms with Crippen LogP contribution in [0.15, 0.2) is 24.5 Å². The first-order chi connectivity index (χ1) is 8.27. The molecule has 3 nitrogen and oxygen atoms in total. The molecule has 2 rings (SSSR count). The minimum absolute atomic E-state index is 0.259. The maximum absolute atomic E-state index is 12.4. The van der Waals surface area contributed by atoms with Gasteiger partial charge in [0.2, 0.25) is 0 Å². The summed E-state index contributed by atoms with van der Waals surface area (Å²) in [6.07, 6.45) is 8.12. The topological polar surface area (TPSA) is 42.0 Å². The molecule has 1 unspecified atom stereocenters. The van der Waals surface area contributed by atoms with Crippen LogP contribution >= 0.6 is 0 Å². The monoisotopic (exact) mass is 232 g/mol. The Labute approximate surface area is 103 Å². The lowest BCUT2D eigenvalue weighted by molar-refractivity contribution is -0.124. The zero-order valence-electron chi connectivity index (χ0n) is 10.4. The van der Waals surface area contributed by atoms with Crippen LogP contribution in [0.25, 0.3) is 0 Å². The zero-order valence-corrected chi connectivity index (χ0v) is 10.4. The van der Waals surface area contributed by atoms with E-state index in [1.807, 2.05) is 12.1 Å². The summed E-state index contributed by atoms with van der Waals surface area (Å²) in [4.78, 5) is 16.5. The second-order valence-electron chi connectivity index (χ2n) is 4.82. The van der Waals surface area contributed by atoms with Crippen molar-refractivity contribution in [1.82, 2.24) is 10.3 Å². The van der Waals surface area contributed by atoms with Crippen molar-refractivity contribution >= 4 is 5.78 Å². The highest BCUT2D eigenvalue weighted by molar-refractivity contribution is 5.90. The highest BCUT2D eigenvalue weighted by Gasteiger charge is 2.39. The molecule has 0 aliphatic carbocycles. The van der Waals surface area contributed by atoms with E-state index in [0.717, 1.165) is 37.8 Å². The van der Waals surface area contributed by atoms with Crippen molar-refractivity contribution in [3.63, 3.8) is 0 Å². The third-order valence-corrected chi connectivity index (χ3v) is 3.54. The number of nitrogens with one attached hydrogen (secondary N) is 1. The maximum Gasteiger partial charge on any atom is 0.157 e. The van der Waals surface area contributed by atoms with Crippen LogP contribution in [0.2, 0.25) is 0 Å². The summed E-state index contributed by atoms with van der Waals surface area (Å²) in [7, 11) is 0. The van der Waals surface area contributed by atoms with Gasteiger partial charge in [0.1, 0.15) is 0 Å². The average molecular weight is 232 g/mol. The SMILES string of the molecule is CCCC1(C(=O)Cc2cccnc2)CCCN1. The molecule has 1 aliphatic rings. The van der Waals surface area contributed by atoms with Crippen molar-refractivity contribution in [3.05, 3.63) is 30.1 Å². The zero-order chi connectivity index (χ0) is 12.1. The van der Waals surface area contributed by atoms with Gasteiger partial charge in [-0.25, -0.2) is 0 Å². The third-order valence-electron chi connectivity index (χ3n) is 3.54. The fourth-order valence-electron chi connectivity index (χ4n) is 2.68. The van der Waals surface area contributed by atoms with Crippen LogP contribution in [0.3, 0.4) is 0 Å². The molecular weight excluding hydrogens is 212 g/mol. The van der Waals surface area contributed by atoms with Crippen molar-refractivity contribution in [2.45, 2.75) is 44.6 Å². The second kappa shape index (κ2) is 5.41. The molecule has 1 saturated heterocycles. The molecule has 17 heavy (non-hydrogen) atoms. The summed E-state index contributed by atoms with van der Waals surface area (Å²) in [6, 6.07) is 3.86. The van der Waals surface area contributed by atoms with E-state index >= 15 is 0 Å². The van der Waals surface area contributed by atoms with Gasteiger partial charge in [-0.1, -0.05) is 19.4 Å². The molecule has 0 saturated carbocycles.